The van der Waals surface area contributed by atoms with Crippen LogP contribution >= 0.6 is 0 Å². The van der Waals surface area contributed by atoms with Gasteiger partial charge in [0.05, 0.1) is 13.2 Å². The van der Waals surface area contributed by atoms with Crippen LogP contribution in [0.2, 0.25) is 0 Å². The van der Waals surface area contributed by atoms with E-state index in [2.05, 4.69) is 50.4 Å². The molecule has 5 heteroatoms. The molecule has 1 aliphatic heterocycles. The molecular weight excluding hydrogens is 304 g/mol. The number of amides is 2. The highest BCUT2D eigenvalue weighted by atomic mass is 16.5. The second-order valence-electron chi connectivity index (χ2n) is 6.96. The number of carbonyl (C=O) groups is 2. The first kappa shape index (κ1) is 18.5. The van der Waals surface area contributed by atoms with Gasteiger partial charge in [-0.2, -0.15) is 0 Å². The first-order valence-electron chi connectivity index (χ1n) is 8.57. The van der Waals surface area contributed by atoms with Gasteiger partial charge in [-0.05, 0) is 17.5 Å². The van der Waals surface area contributed by atoms with Gasteiger partial charge in [0.15, 0.2) is 0 Å². The van der Waals surface area contributed by atoms with Crippen LogP contribution in [0.15, 0.2) is 24.3 Å². The van der Waals surface area contributed by atoms with E-state index < -0.39 is 6.04 Å². The van der Waals surface area contributed by atoms with Crippen molar-refractivity contribution in [1.82, 2.24) is 10.2 Å². The second kappa shape index (κ2) is 7.79. The van der Waals surface area contributed by atoms with Crippen molar-refractivity contribution in [3.8, 4) is 0 Å². The SMILES string of the molecule is CCc1ccc(C(C)(C)CNC(=O)[C@H]2COCCN2C(C)=O)cc1. The molecule has 1 aromatic rings. The Morgan fingerprint density at radius 2 is 1.96 bits per heavy atom. The van der Waals surface area contributed by atoms with Gasteiger partial charge in [0, 0.05) is 25.4 Å². The Bertz CT molecular complexity index is 581. The van der Waals surface area contributed by atoms with E-state index in [1.54, 1.807) is 4.90 Å². The first-order chi connectivity index (χ1) is 11.3. The Balaban J connectivity index is 1.99. The third-order valence-corrected chi connectivity index (χ3v) is 4.68. The van der Waals surface area contributed by atoms with E-state index in [0.29, 0.717) is 19.7 Å². The summed E-state index contributed by atoms with van der Waals surface area (Å²) in [5, 5.41) is 2.99. The monoisotopic (exact) mass is 332 g/mol. The fourth-order valence-electron chi connectivity index (χ4n) is 2.92. The summed E-state index contributed by atoms with van der Waals surface area (Å²) in [4.78, 5) is 25.8. The molecule has 0 bridgehead atoms. The lowest BCUT2D eigenvalue weighted by Gasteiger charge is -2.35. The fraction of sp³-hybridized carbons (Fsp3) is 0.579. The van der Waals surface area contributed by atoms with Crippen LogP contribution in [0.4, 0.5) is 0 Å². The van der Waals surface area contributed by atoms with Crippen molar-refractivity contribution >= 4 is 11.8 Å². The number of rotatable bonds is 5. The third kappa shape index (κ3) is 4.35. The molecule has 0 aromatic heterocycles. The summed E-state index contributed by atoms with van der Waals surface area (Å²) in [6, 6.07) is 7.97. The topological polar surface area (TPSA) is 58.6 Å². The molecule has 0 aliphatic carbocycles. The predicted octanol–water partition coefficient (Wildman–Crippen LogP) is 1.89. The maximum atomic E-state index is 12.5. The highest BCUT2D eigenvalue weighted by Crippen LogP contribution is 2.23. The molecule has 1 aliphatic rings. The van der Waals surface area contributed by atoms with Crippen LogP contribution in [-0.4, -0.2) is 49.1 Å². The number of carbonyl (C=O) groups excluding carboxylic acids is 2. The summed E-state index contributed by atoms with van der Waals surface area (Å²) in [5.74, 6) is -0.240. The molecule has 1 N–H and O–H groups in total. The molecule has 5 nitrogen and oxygen atoms in total. The zero-order chi connectivity index (χ0) is 17.7. The molecule has 0 spiro atoms. The normalized spacial score (nSPS) is 18.3. The molecule has 2 rings (SSSR count). The summed E-state index contributed by atoms with van der Waals surface area (Å²) >= 11 is 0. The van der Waals surface area contributed by atoms with Crippen LogP contribution in [0.1, 0.15) is 38.8 Å². The largest absolute Gasteiger partial charge is 0.377 e. The number of aryl methyl sites for hydroxylation is 1. The maximum Gasteiger partial charge on any atom is 0.245 e. The molecule has 1 heterocycles. The molecule has 0 saturated carbocycles. The minimum absolute atomic E-state index is 0.0899. The van der Waals surface area contributed by atoms with Gasteiger partial charge in [0.25, 0.3) is 0 Å². The summed E-state index contributed by atoms with van der Waals surface area (Å²) < 4.78 is 5.37. The first-order valence-corrected chi connectivity index (χ1v) is 8.57. The number of ether oxygens (including phenoxy) is 1. The van der Waals surface area contributed by atoms with Gasteiger partial charge in [-0.15, -0.1) is 0 Å². The van der Waals surface area contributed by atoms with Gasteiger partial charge >= 0.3 is 0 Å². The Labute approximate surface area is 144 Å². The highest BCUT2D eigenvalue weighted by molar-refractivity contribution is 5.87. The van der Waals surface area contributed by atoms with Gasteiger partial charge in [-0.3, -0.25) is 9.59 Å². The molecular formula is C19H28N2O3. The van der Waals surface area contributed by atoms with Crippen LogP contribution in [0.5, 0.6) is 0 Å². The minimum Gasteiger partial charge on any atom is -0.377 e. The third-order valence-electron chi connectivity index (χ3n) is 4.68. The van der Waals surface area contributed by atoms with Crippen molar-refractivity contribution in [2.45, 2.75) is 45.6 Å². The van der Waals surface area contributed by atoms with E-state index in [1.807, 2.05) is 0 Å². The van der Waals surface area contributed by atoms with Crippen molar-refractivity contribution in [2.75, 3.05) is 26.3 Å². The number of hydrogen-bond acceptors (Lipinski definition) is 3. The van der Waals surface area contributed by atoms with Crippen molar-refractivity contribution in [2.24, 2.45) is 0 Å². The average Bonchev–Trinajstić information content (AvgIpc) is 2.59. The zero-order valence-electron chi connectivity index (χ0n) is 15.1. The lowest BCUT2D eigenvalue weighted by molar-refractivity contribution is -0.147. The summed E-state index contributed by atoms with van der Waals surface area (Å²) in [6.45, 7) is 9.56. The molecule has 24 heavy (non-hydrogen) atoms. The van der Waals surface area contributed by atoms with Crippen LogP contribution in [-0.2, 0) is 26.2 Å². The maximum absolute atomic E-state index is 12.5. The smallest absolute Gasteiger partial charge is 0.245 e. The Kier molecular flexibility index (Phi) is 5.99. The van der Waals surface area contributed by atoms with Crippen LogP contribution in [0.3, 0.4) is 0 Å². The number of nitrogens with zero attached hydrogens (tertiary/aromatic N) is 1. The number of morpholine rings is 1. The predicted molar refractivity (Wildman–Crippen MR) is 93.8 cm³/mol. The molecule has 1 fully saturated rings. The Morgan fingerprint density at radius 1 is 1.29 bits per heavy atom. The summed E-state index contributed by atoms with van der Waals surface area (Å²) in [7, 11) is 0. The Morgan fingerprint density at radius 3 is 2.54 bits per heavy atom. The van der Waals surface area contributed by atoms with E-state index in [-0.39, 0.29) is 23.8 Å². The summed E-state index contributed by atoms with van der Waals surface area (Å²) in [5.41, 5.74) is 2.30. The van der Waals surface area contributed by atoms with Gasteiger partial charge in [0.2, 0.25) is 11.8 Å². The van der Waals surface area contributed by atoms with E-state index in [9.17, 15) is 9.59 Å². The second-order valence-corrected chi connectivity index (χ2v) is 6.96. The van der Waals surface area contributed by atoms with Crippen LogP contribution in [0.25, 0.3) is 0 Å². The standard InChI is InChI=1S/C19H28N2O3/c1-5-15-6-8-16(9-7-15)19(3,4)13-20-18(23)17-12-24-11-10-21(17)14(2)22/h6-9,17H,5,10-13H2,1-4H3,(H,20,23)/t17-/m1/s1. The lowest BCUT2D eigenvalue weighted by Crippen LogP contribution is -2.56. The van der Waals surface area contributed by atoms with E-state index >= 15 is 0 Å². The van der Waals surface area contributed by atoms with Gasteiger partial charge in [0.1, 0.15) is 6.04 Å². The molecule has 1 saturated heterocycles. The highest BCUT2D eigenvalue weighted by Gasteiger charge is 2.32. The van der Waals surface area contributed by atoms with Crippen LogP contribution < -0.4 is 5.32 Å². The van der Waals surface area contributed by atoms with E-state index in [1.165, 1.54) is 18.1 Å². The number of nitrogens with one attached hydrogen (secondary N) is 1. The van der Waals surface area contributed by atoms with Crippen molar-refractivity contribution in [3.05, 3.63) is 35.4 Å². The molecule has 1 aromatic carbocycles. The van der Waals surface area contributed by atoms with Crippen molar-refractivity contribution < 1.29 is 14.3 Å². The van der Waals surface area contributed by atoms with Gasteiger partial charge in [-0.25, -0.2) is 0 Å². The van der Waals surface area contributed by atoms with Gasteiger partial charge < -0.3 is 15.0 Å². The van der Waals surface area contributed by atoms with E-state index in [0.717, 1.165) is 6.42 Å². The van der Waals surface area contributed by atoms with Crippen molar-refractivity contribution in [1.29, 1.82) is 0 Å². The Hall–Kier alpha value is -1.88. The fourth-order valence-corrected chi connectivity index (χ4v) is 2.92. The zero-order valence-corrected chi connectivity index (χ0v) is 15.1. The number of hydrogen-bond donors (Lipinski definition) is 1. The molecule has 0 radical (unpaired) electrons. The molecule has 132 valence electrons. The van der Waals surface area contributed by atoms with E-state index in [4.69, 9.17) is 4.74 Å². The molecule has 0 unspecified atom stereocenters. The summed E-state index contributed by atoms with van der Waals surface area (Å²) in [6.07, 6.45) is 1.01. The van der Waals surface area contributed by atoms with Crippen LogP contribution in [0, 0.1) is 0 Å². The molecule has 1 atom stereocenters. The van der Waals surface area contributed by atoms with Crippen molar-refractivity contribution in [3.63, 3.8) is 0 Å². The quantitative estimate of drug-likeness (QED) is 0.896. The lowest BCUT2D eigenvalue weighted by atomic mass is 9.84. The number of benzene rings is 1. The van der Waals surface area contributed by atoms with Gasteiger partial charge in [-0.1, -0.05) is 45.0 Å². The minimum atomic E-state index is -0.533. The average molecular weight is 332 g/mol. The molecule has 2 amide bonds.